The lowest BCUT2D eigenvalue weighted by Crippen LogP contribution is -2.36. The van der Waals surface area contributed by atoms with Crippen molar-refractivity contribution in [2.24, 2.45) is 0 Å². The Bertz CT molecular complexity index is 709. The Kier molecular flexibility index (Phi) is 7.36. The van der Waals surface area contributed by atoms with Gasteiger partial charge in [0.05, 0.1) is 6.04 Å². The topological polar surface area (TPSA) is 58.6 Å². The molecule has 1 atom stereocenters. The van der Waals surface area contributed by atoms with Crippen LogP contribution in [0.2, 0.25) is 0 Å². The summed E-state index contributed by atoms with van der Waals surface area (Å²) in [7, 11) is 3.99. The molecule has 1 unspecified atom stereocenters. The van der Waals surface area contributed by atoms with Crippen LogP contribution in [0.15, 0.2) is 48.5 Å². The summed E-state index contributed by atoms with van der Waals surface area (Å²) in [6.45, 7) is 2.57. The van der Waals surface area contributed by atoms with Crippen LogP contribution >= 0.6 is 0 Å². The minimum atomic E-state index is -0.179. The van der Waals surface area contributed by atoms with E-state index in [2.05, 4.69) is 41.4 Å². The molecule has 138 valence electrons. The second-order valence-corrected chi connectivity index (χ2v) is 6.35. The van der Waals surface area contributed by atoms with Gasteiger partial charge in [0.1, 0.15) is 12.0 Å². The maximum atomic E-state index is 12.1. The summed E-state index contributed by atoms with van der Waals surface area (Å²) in [6, 6.07) is 15.2. The molecular weight excluding hydrogens is 328 g/mol. The predicted molar refractivity (Wildman–Crippen MR) is 103 cm³/mol. The second kappa shape index (κ2) is 9.73. The highest BCUT2D eigenvalue weighted by Gasteiger charge is 2.15. The zero-order valence-electron chi connectivity index (χ0n) is 15.6. The zero-order valence-corrected chi connectivity index (χ0v) is 15.6. The van der Waals surface area contributed by atoms with Gasteiger partial charge in [-0.1, -0.05) is 31.2 Å². The highest BCUT2D eigenvalue weighted by atomic mass is 16.5. The Balaban J connectivity index is 1.86. The van der Waals surface area contributed by atoms with Crippen molar-refractivity contribution >= 4 is 12.2 Å². The number of amides is 1. The summed E-state index contributed by atoms with van der Waals surface area (Å²) in [5.41, 5.74) is 3.03. The van der Waals surface area contributed by atoms with E-state index in [4.69, 9.17) is 4.74 Å². The van der Waals surface area contributed by atoms with Gasteiger partial charge >= 0.3 is 0 Å². The minimum absolute atomic E-state index is 0.0602. The van der Waals surface area contributed by atoms with Crippen LogP contribution in [0.3, 0.4) is 0 Å². The molecule has 1 N–H and O–H groups in total. The SMILES string of the molecule is CCc1ccc(C(CNC(=O)COc2ccc(C=O)cc2)N(C)C)cc1. The van der Waals surface area contributed by atoms with E-state index in [1.807, 2.05) is 14.1 Å². The van der Waals surface area contributed by atoms with Crippen molar-refractivity contribution in [3.8, 4) is 5.75 Å². The number of nitrogens with zero attached hydrogens (tertiary/aromatic N) is 1. The molecule has 0 bridgehead atoms. The van der Waals surface area contributed by atoms with Crippen LogP contribution in [0.1, 0.15) is 34.5 Å². The summed E-state index contributed by atoms with van der Waals surface area (Å²) >= 11 is 0. The fourth-order valence-corrected chi connectivity index (χ4v) is 2.63. The number of likely N-dealkylation sites (N-methyl/N-ethyl adjacent to an activating group) is 1. The smallest absolute Gasteiger partial charge is 0.258 e. The summed E-state index contributed by atoms with van der Waals surface area (Å²) in [5, 5.41) is 2.92. The standard InChI is InChI=1S/C21H26N2O3/c1-4-16-5-9-18(10-6-16)20(23(2)3)13-22-21(25)15-26-19-11-7-17(14-24)8-12-19/h5-12,14,20H,4,13,15H2,1-3H3,(H,22,25). The molecule has 2 aromatic carbocycles. The molecule has 26 heavy (non-hydrogen) atoms. The molecule has 0 aliphatic heterocycles. The maximum Gasteiger partial charge on any atom is 0.258 e. The van der Waals surface area contributed by atoms with Gasteiger partial charge in [0, 0.05) is 12.1 Å². The molecule has 2 rings (SSSR count). The van der Waals surface area contributed by atoms with Crippen molar-refractivity contribution in [1.29, 1.82) is 0 Å². The first kappa shape index (κ1) is 19.7. The summed E-state index contributed by atoms with van der Waals surface area (Å²) < 4.78 is 5.45. The Morgan fingerprint density at radius 2 is 1.77 bits per heavy atom. The van der Waals surface area contributed by atoms with Crippen molar-refractivity contribution in [3.05, 3.63) is 65.2 Å². The van der Waals surface area contributed by atoms with E-state index in [1.165, 1.54) is 5.56 Å². The molecule has 0 aliphatic carbocycles. The fraction of sp³-hybridized carbons (Fsp3) is 0.333. The molecule has 0 saturated heterocycles. The zero-order chi connectivity index (χ0) is 18.9. The van der Waals surface area contributed by atoms with Crippen molar-refractivity contribution < 1.29 is 14.3 Å². The molecule has 5 heteroatoms. The molecule has 0 radical (unpaired) electrons. The third-order valence-corrected chi connectivity index (χ3v) is 4.27. The maximum absolute atomic E-state index is 12.1. The molecule has 0 aromatic heterocycles. The Labute approximate surface area is 155 Å². The van der Waals surface area contributed by atoms with Gasteiger partial charge in [-0.15, -0.1) is 0 Å². The highest BCUT2D eigenvalue weighted by Crippen LogP contribution is 2.18. The average Bonchev–Trinajstić information content (AvgIpc) is 2.67. The van der Waals surface area contributed by atoms with E-state index >= 15 is 0 Å². The van der Waals surface area contributed by atoms with E-state index in [0.717, 1.165) is 18.3 Å². The van der Waals surface area contributed by atoms with Crippen LogP contribution in [0.4, 0.5) is 0 Å². The monoisotopic (exact) mass is 354 g/mol. The normalized spacial score (nSPS) is 11.8. The van der Waals surface area contributed by atoms with Crippen molar-refractivity contribution in [2.75, 3.05) is 27.2 Å². The lowest BCUT2D eigenvalue weighted by molar-refractivity contribution is -0.123. The molecule has 0 spiro atoms. The number of benzene rings is 2. The Morgan fingerprint density at radius 3 is 2.31 bits per heavy atom. The first-order valence-corrected chi connectivity index (χ1v) is 8.73. The van der Waals surface area contributed by atoms with Gasteiger partial charge in [-0.3, -0.25) is 9.59 Å². The molecule has 0 aliphatic rings. The molecule has 0 heterocycles. The van der Waals surface area contributed by atoms with E-state index < -0.39 is 0 Å². The number of aldehydes is 1. The van der Waals surface area contributed by atoms with Gasteiger partial charge in [-0.25, -0.2) is 0 Å². The van der Waals surface area contributed by atoms with E-state index in [1.54, 1.807) is 24.3 Å². The second-order valence-electron chi connectivity index (χ2n) is 6.35. The predicted octanol–water partition coefficient (Wildman–Crippen LogP) is 2.86. The van der Waals surface area contributed by atoms with Crippen LogP contribution in [0.25, 0.3) is 0 Å². The van der Waals surface area contributed by atoms with Gasteiger partial charge in [0.25, 0.3) is 5.91 Å². The molecule has 5 nitrogen and oxygen atoms in total. The molecule has 0 fully saturated rings. The van der Waals surface area contributed by atoms with Crippen molar-refractivity contribution in [1.82, 2.24) is 10.2 Å². The van der Waals surface area contributed by atoms with Gasteiger partial charge in [0.2, 0.25) is 0 Å². The number of ether oxygens (including phenoxy) is 1. The number of nitrogens with one attached hydrogen (secondary N) is 1. The number of rotatable bonds is 9. The van der Waals surface area contributed by atoms with Crippen LogP contribution in [0.5, 0.6) is 5.75 Å². The van der Waals surface area contributed by atoms with Crippen LogP contribution in [-0.2, 0) is 11.2 Å². The quantitative estimate of drug-likeness (QED) is 0.704. The number of hydrogen-bond acceptors (Lipinski definition) is 4. The number of hydrogen-bond donors (Lipinski definition) is 1. The van der Waals surface area contributed by atoms with Crippen molar-refractivity contribution in [3.63, 3.8) is 0 Å². The van der Waals surface area contributed by atoms with E-state index in [-0.39, 0.29) is 18.6 Å². The molecule has 1 amide bonds. The van der Waals surface area contributed by atoms with Crippen LogP contribution in [-0.4, -0.2) is 44.3 Å². The van der Waals surface area contributed by atoms with Crippen LogP contribution < -0.4 is 10.1 Å². The third kappa shape index (κ3) is 5.70. The average molecular weight is 354 g/mol. The Hall–Kier alpha value is -2.66. The number of aryl methyl sites for hydroxylation is 1. The van der Waals surface area contributed by atoms with E-state index in [0.29, 0.717) is 17.9 Å². The third-order valence-electron chi connectivity index (χ3n) is 4.27. The number of carbonyl (C=O) groups is 2. The minimum Gasteiger partial charge on any atom is -0.484 e. The van der Waals surface area contributed by atoms with Gasteiger partial charge in [0.15, 0.2) is 6.61 Å². The van der Waals surface area contributed by atoms with Gasteiger partial charge in [-0.05, 0) is 55.9 Å². The lowest BCUT2D eigenvalue weighted by Gasteiger charge is -2.25. The molecule has 2 aromatic rings. The summed E-state index contributed by atoms with van der Waals surface area (Å²) in [6.07, 6.45) is 1.78. The Morgan fingerprint density at radius 1 is 1.12 bits per heavy atom. The highest BCUT2D eigenvalue weighted by molar-refractivity contribution is 5.77. The largest absolute Gasteiger partial charge is 0.484 e. The lowest BCUT2D eigenvalue weighted by atomic mass is 10.0. The molecular formula is C21H26N2O3. The first-order valence-electron chi connectivity index (χ1n) is 8.73. The first-order chi connectivity index (χ1) is 12.5. The fourth-order valence-electron chi connectivity index (χ4n) is 2.63. The van der Waals surface area contributed by atoms with Gasteiger partial charge in [-0.2, -0.15) is 0 Å². The van der Waals surface area contributed by atoms with E-state index in [9.17, 15) is 9.59 Å². The van der Waals surface area contributed by atoms with Gasteiger partial charge < -0.3 is 15.0 Å². The molecule has 0 saturated carbocycles. The summed E-state index contributed by atoms with van der Waals surface area (Å²) in [5.74, 6) is 0.381. The number of carbonyl (C=O) groups excluding carboxylic acids is 2. The van der Waals surface area contributed by atoms with Crippen molar-refractivity contribution in [2.45, 2.75) is 19.4 Å². The van der Waals surface area contributed by atoms with Crippen LogP contribution in [0, 0.1) is 0 Å². The summed E-state index contributed by atoms with van der Waals surface area (Å²) in [4.78, 5) is 24.8.